The summed E-state index contributed by atoms with van der Waals surface area (Å²) in [5.74, 6) is 0.280. The Labute approximate surface area is 160 Å². The molecule has 1 heterocycles. The van der Waals surface area contributed by atoms with Crippen LogP contribution in [0.1, 0.15) is 11.1 Å². The largest absolute Gasteiger partial charge is 0.489 e. The van der Waals surface area contributed by atoms with Gasteiger partial charge in [-0.15, -0.1) is 0 Å². The van der Waals surface area contributed by atoms with Crippen LogP contribution >= 0.6 is 0 Å². The molecule has 0 radical (unpaired) electrons. The fourth-order valence-corrected chi connectivity index (χ4v) is 2.29. The first kappa shape index (κ1) is 18.8. The first-order valence-corrected chi connectivity index (χ1v) is 8.36. The second-order valence-electron chi connectivity index (χ2n) is 5.79. The van der Waals surface area contributed by atoms with Crippen LogP contribution in [0.15, 0.2) is 72.1 Å². The quantitative estimate of drug-likeness (QED) is 0.367. The minimum absolute atomic E-state index is 0.169. The van der Waals surface area contributed by atoms with Gasteiger partial charge in [-0.25, -0.2) is 5.43 Å². The van der Waals surface area contributed by atoms with Gasteiger partial charge in [-0.3, -0.25) is 19.6 Å². The summed E-state index contributed by atoms with van der Waals surface area (Å²) in [7, 11) is 0. The summed E-state index contributed by atoms with van der Waals surface area (Å²) in [4.78, 5) is 21.8. The SMILES string of the molecule is O=C(Cn1cc([N+](=O)[O-])cn1)N/N=C/c1ccc(OCc2ccccc2)cc1. The number of hydrogen-bond acceptors (Lipinski definition) is 6. The number of nitrogens with zero attached hydrogens (tertiary/aromatic N) is 4. The number of hydrazone groups is 1. The van der Waals surface area contributed by atoms with E-state index in [0.717, 1.165) is 23.1 Å². The molecule has 142 valence electrons. The summed E-state index contributed by atoms with van der Waals surface area (Å²) < 4.78 is 6.87. The Kier molecular flexibility index (Phi) is 6.09. The molecule has 0 saturated carbocycles. The molecule has 0 fully saturated rings. The van der Waals surface area contributed by atoms with Crippen LogP contribution in [-0.2, 0) is 17.9 Å². The summed E-state index contributed by atoms with van der Waals surface area (Å²) in [6.07, 6.45) is 3.75. The van der Waals surface area contributed by atoms with Crippen LogP contribution in [0.3, 0.4) is 0 Å². The van der Waals surface area contributed by atoms with Crippen LogP contribution < -0.4 is 10.2 Å². The zero-order valence-electron chi connectivity index (χ0n) is 14.8. The Bertz CT molecular complexity index is 968. The fraction of sp³-hybridized carbons (Fsp3) is 0.105. The number of nitrogens with one attached hydrogen (secondary N) is 1. The molecule has 1 aromatic heterocycles. The number of benzene rings is 2. The predicted molar refractivity (Wildman–Crippen MR) is 102 cm³/mol. The molecule has 3 rings (SSSR count). The van der Waals surface area contributed by atoms with Gasteiger partial charge in [0.05, 0.1) is 11.1 Å². The van der Waals surface area contributed by atoms with Crippen molar-refractivity contribution in [2.45, 2.75) is 13.2 Å². The summed E-state index contributed by atoms with van der Waals surface area (Å²) >= 11 is 0. The monoisotopic (exact) mass is 379 g/mol. The number of ether oxygens (including phenoxy) is 1. The molecule has 28 heavy (non-hydrogen) atoms. The van der Waals surface area contributed by atoms with Crippen molar-refractivity contribution in [3.63, 3.8) is 0 Å². The standard InChI is InChI=1S/C19H17N5O4/c25-19(13-23-12-17(11-21-23)24(26)27)22-20-10-15-6-8-18(9-7-15)28-14-16-4-2-1-3-5-16/h1-12H,13-14H2,(H,22,25)/b20-10+. The third-order valence-electron chi connectivity index (χ3n) is 3.67. The average molecular weight is 379 g/mol. The van der Waals surface area contributed by atoms with E-state index in [1.165, 1.54) is 17.1 Å². The molecule has 3 aromatic rings. The van der Waals surface area contributed by atoms with Gasteiger partial charge < -0.3 is 4.74 Å². The Balaban J connectivity index is 1.46. The lowest BCUT2D eigenvalue weighted by molar-refractivity contribution is -0.385. The lowest BCUT2D eigenvalue weighted by atomic mass is 10.2. The van der Waals surface area contributed by atoms with Crippen LogP contribution in [-0.4, -0.2) is 26.8 Å². The third kappa shape index (κ3) is 5.49. The lowest BCUT2D eigenvalue weighted by Gasteiger charge is -2.06. The Morgan fingerprint density at radius 2 is 1.96 bits per heavy atom. The topological polar surface area (TPSA) is 112 Å². The van der Waals surface area contributed by atoms with Crippen molar-refractivity contribution in [3.8, 4) is 5.75 Å². The highest BCUT2D eigenvalue weighted by Crippen LogP contribution is 2.13. The van der Waals surface area contributed by atoms with Crippen molar-refractivity contribution in [2.24, 2.45) is 5.10 Å². The van der Waals surface area contributed by atoms with E-state index in [0.29, 0.717) is 6.61 Å². The second kappa shape index (κ2) is 9.08. The van der Waals surface area contributed by atoms with Gasteiger partial charge >= 0.3 is 5.69 Å². The molecule has 2 aromatic carbocycles. The van der Waals surface area contributed by atoms with E-state index in [1.807, 2.05) is 54.6 Å². The van der Waals surface area contributed by atoms with Crippen LogP contribution in [0.4, 0.5) is 5.69 Å². The van der Waals surface area contributed by atoms with Crippen molar-refractivity contribution >= 4 is 17.8 Å². The molecule has 1 N–H and O–H groups in total. The predicted octanol–water partition coefficient (Wildman–Crippen LogP) is 2.52. The molecule has 0 aliphatic rings. The van der Waals surface area contributed by atoms with Crippen molar-refractivity contribution < 1.29 is 14.5 Å². The van der Waals surface area contributed by atoms with Gasteiger partial charge in [-0.05, 0) is 35.4 Å². The van der Waals surface area contributed by atoms with Gasteiger partial charge in [0, 0.05) is 0 Å². The normalized spacial score (nSPS) is 10.7. The summed E-state index contributed by atoms with van der Waals surface area (Å²) in [5.41, 5.74) is 4.03. The van der Waals surface area contributed by atoms with E-state index in [4.69, 9.17) is 4.74 Å². The van der Waals surface area contributed by atoms with E-state index >= 15 is 0 Å². The summed E-state index contributed by atoms with van der Waals surface area (Å²) in [6, 6.07) is 17.1. The molecule has 0 atom stereocenters. The van der Waals surface area contributed by atoms with Gasteiger partial charge in [-0.2, -0.15) is 10.2 Å². The van der Waals surface area contributed by atoms with Crippen molar-refractivity contribution in [1.29, 1.82) is 0 Å². The molecule has 1 amide bonds. The molecule has 0 saturated heterocycles. The number of hydrogen-bond donors (Lipinski definition) is 1. The smallest absolute Gasteiger partial charge is 0.307 e. The maximum absolute atomic E-state index is 11.8. The van der Waals surface area contributed by atoms with Crippen molar-refractivity contribution in [2.75, 3.05) is 0 Å². The number of rotatable bonds is 8. The third-order valence-corrected chi connectivity index (χ3v) is 3.67. The van der Waals surface area contributed by atoms with Crippen LogP contribution in [0, 0.1) is 10.1 Å². The minimum Gasteiger partial charge on any atom is -0.489 e. The highest BCUT2D eigenvalue weighted by molar-refractivity contribution is 5.82. The average Bonchev–Trinajstić information content (AvgIpc) is 3.17. The zero-order valence-corrected chi connectivity index (χ0v) is 14.8. The summed E-state index contributed by atoms with van der Waals surface area (Å²) in [6.45, 7) is 0.313. The zero-order chi connectivity index (χ0) is 19.8. The maximum atomic E-state index is 11.8. The van der Waals surface area contributed by atoms with E-state index in [-0.39, 0.29) is 12.2 Å². The van der Waals surface area contributed by atoms with Crippen LogP contribution in [0.2, 0.25) is 0 Å². The van der Waals surface area contributed by atoms with Crippen molar-refractivity contribution in [1.82, 2.24) is 15.2 Å². The van der Waals surface area contributed by atoms with Crippen LogP contribution in [0.5, 0.6) is 5.75 Å². The van der Waals surface area contributed by atoms with E-state index in [9.17, 15) is 14.9 Å². The minimum atomic E-state index is -0.577. The first-order chi connectivity index (χ1) is 13.6. The number of aromatic nitrogens is 2. The maximum Gasteiger partial charge on any atom is 0.307 e. The Hall–Kier alpha value is -4.01. The molecular formula is C19H17N5O4. The van der Waals surface area contributed by atoms with Gasteiger partial charge in [0.15, 0.2) is 0 Å². The van der Waals surface area contributed by atoms with Gasteiger partial charge in [0.2, 0.25) is 0 Å². The molecule has 0 bridgehead atoms. The molecule has 0 aliphatic carbocycles. The van der Waals surface area contributed by atoms with Crippen LogP contribution in [0.25, 0.3) is 0 Å². The molecular weight excluding hydrogens is 362 g/mol. The fourth-order valence-electron chi connectivity index (χ4n) is 2.29. The first-order valence-electron chi connectivity index (χ1n) is 8.36. The van der Waals surface area contributed by atoms with E-state index < -0.39 is 10.8 Å². The Morgan fingerprint density at radius 3 is 2.64 bits per heavy atom. The number of carbonyl (C=O) groups is 1. The molecule has 0 unspecified atom stereocenters. The number of nitro groups is 1. The van der Waals surface area contributed by atoms with E-state index in [2.05, 4.69) is 15.6 Å². The lowest BCUT2D eigenvalue weighted by Crippen LogP contribution is -2.23. The number of carbonyl (C=O) groups excluding carboxylic acids is 1. The summed E-state index contributed by atoms with van der Waals surface area (Å²) in [5, 5.41) is 18.2. The van der Waals surface area contributed by atoms with Gasteiger partial charge in [-0.1, -0.05) is 30.3 Å². The molecule has 0 aliphatic heterocycles. The molecule has 0 spiro atoms. The Morgan fingerprint density at radius 1 is 1.21 bits per heavy atom. The van der Waals surface area contributed by atoms with Gasteiger partial charge in [0.1, 0.15) is 31.3 Å². The van der Waals surface area contributed by atoms with Crippen molar-refractivity contribution in [3.05, 3.63) is 88.2 Å². The molecule has 9 nitrogen and oxygen atoms in total. The highest BCUT2D eigenvalue weighted by atomic mass is 16.6. The highest BCUT2D eigenvalue weighted by Gasteiger charge is 2.10. The van der Waals surface area contributed by atoms with Gasteiger partial charge in [0.25, 0.3) is 5.91 Å². The number of amides is 1. The second-order valence-corrected chi connectivity index (χ2v) is 5.79. The van der Waals surface area contributed by atoms with E-state index in [1.54, 1.807) is 0 Å². The molecule has 9 heteroatoms.